The Labute approximate surface area is 178 Å². The molecule has 3 aromatic heterocycles. The van der Waals surface area contributed by atoms with E-state index < -0.39 is 15.8 Å². The van der Waals surface area contributed by atoms with Gasteiger partial charge in [0, 0.05) is 22.8 Å². The number of hydrogen-bond acceptors (Lipinski definition) is 6. The molecule has 30 heavy (non-hydrogen) atoms. The van der Waals surface area contributed by atoms with Crippen molar-refractivity contribution in [2.24, 2.45) is 0 Å². The van der Waals surface area contributed by atoms with Crippen LogP contribution in [0.4, 0.5) is 5.69 Å². The lowest BCUT2D eigenvalue weighted by Gasteiger charge is -2.13. The maximum Gasteiger partial charge on any atom is 0.261 e. The Kier molecular flexibility index (Phi) is 4.68. The summed E-state index contributed by atoms with van der Waals surface area (Å²) < 4.78 is 36.4. The number of nitrogens with one attached hydrogen (secondary N) is 2. The van der Waals surface area contributed by atoms with E-state index in [0.29, 0.717) is 27.2 Å². The molecule has 0 radical (unpaired) electrons. The minimum Gasteiger partial charge on any atom is -0.346 e. The van der Waals surface area contributed by atoms with Crippen LogP contribution in [-0.2, 0) is 10.0 Å². The zero-order valence-electron chi connectivity index (χ0n) is 16.9. The van der Waals surface area contributed by atoms with Crippen molar-refractivity contribution in [3.8, 4) is 0 Å². The highest BCUT2D eigenvalue weighted by Crippen LogP contribution is 2.26. The summed E-state index contributed by atoms with van der Waals surface area (Å²) in [5.74, 6) is -0.634. The van der Waals surface area contributed by atoms with Gasteiger partial charge in [0.05, 0.1) is 12.0 Å². The van der Waals surface area contributed by atoms with Gasteiger partial charge in [-0.05, 0) is 55.3 Å². The molecule has 0 bridgehead atoms. The molecule has 0 spiro atoms. The molecular weight excluding hydrogens is 426 g/mol. The van der Waals surface area contributed by atoms with Crippen LogP contribution in [0.1, 0.15) is 28.7 Å². The van der Waals surface area contributed by atoms with Crippen LogP contribution in [0.2, 0.25) is 5.02 Å². The molecule has 0 saturated carbocycles. The number of aryl methyl sites for hydroxylation is 2. The SMILES string of the molecule is [2H]c1nc(C(=O)c2ncnc3[nH]ccc23)c(NS(=O)(=O)c2ccc(Cl)c(C)c2)cc1C. The first-order valence-electron chi connectivity index (χ1n) is 9.27. The van der Waals surface area contributed by atoms with Crippen molar-refractivity contribution in [3.63, 3.8) is 0 Å². The number of halogens is 1. The number of aromatic amines is 1. The Balaban J connectivity index is 1.82. The number of fused-ring (bicyclic) bond motifs is 1. The van der Waals surface area contributed by atoms with Gasteiger partial charge in [-0.25, -0.2) is 18.4 Å². The number of hydrogen-bond donors (Lipinski definition) is 2. The molecule has 10 heteroatoms. The molecule has 0 aliphatic heterocycles. The van der Waals surface area contributed by atoms with Crippen LogP contribution in [0.3, 0.4) is 0 Å². The molecule has 4 rings (SSSR count). The third kappa shape index (κ3) is 3.64. The lowest BCUT2D eigenvalue weighted by atomic mass is 10.1. The second-order valence-corrected chi connectivity index (χ2v) is 8.71. The van der Waals surface area contributed by atoms with Crippen molar-refractivity contribution in [2.75, 3.05) is 4.72 Å². The Morgan fingerprint density at radius 2 is 1.93 bits per heavy atom. The maximum atomic E-state index is 13.3. The summed E-state index contributed by atoms with van der Waals surface area (Å²) in [4.78, 5) is 28.3. The van der Waals surface area contributed by atoms with Crippen molar-refractivity contribution < 1.29 is 14.6 Å². The maximum absolute atomic E-state index is 13.3. The molecule has 0 aliphatic rings. The Bertz CT molecular complexity index is 1450. The average molecular weight is 443 g/mol. The van der Waals surface area contributed by atoms with Gasteiger partial charge in [-0.15, -0.1) is 0 Å². The lowest BCUT2D eigenvalue weighted by molar-refractivity contribution is 0.103. The minimum absolute atomic E-state index is 0.0181. The number of benzene rings is 1. The van der Waals surface area contributed by atoms with E-state index in [0.717, 1.165) is 0 Å². The summed E-state index contributed by atoms with van der Waals surface area (Å²) in [6.07, 6.45) is 2.69. The number of carbonyl (C=O) groups is 1. The standard InChI is InChI=1S/C20H16ClN5O3S/c1-11-7-16(26-30(28,29)13-3-4-15(21)12(2)8-13)18(23-9-11)19(27)17-14-5-6-22-20(14)25-10-24-17/h3-10,26H,1-2H3,(H,22,24,25)/i9D. The van der Waals surface area contributed by atoms with E-state index in [4.69, 9.17) is 13.0 Å². The van der Waals surface area contributed by atoms with Crippen molar-refractivity contribution in [1.29, 1.82) is 0 Å². The van der Waals surface area contributed by atoms with Gasteiger partial charge in [0.15, 0.2) is 0 Å². The first-order chi connectivity index (χ1) is 14.7. The Hall–Kier alpha value is -3.30. The fourth-order valence-electron chi connectivity index (χ4n) is 2.93. The normalized spacial score (nSPS) is 12.0. The number of sulfonamides is 1. The summed E-state index contributed by atoms with van der Waals surface area (Å²) >= 11 is 6.00. The Morgan fingerprint density at radius 3 is 2.70 bits per heavy atom. The van der Waals surface area contributed by atoms with Gasteiger partial charge in [0.2, 0.25) is 5.78 Å². The van der Waals surface area contributed by atoms with Gasteiger partial charge in [0.1, 0.15) is 23.4 Å². The molecule has 0 amide bonds. The highest BCUT2D eigenvalue weighted by atomic mass is 35.5. The second-order valence-electron chi connectivity index (χ2n) is 6.62. The molecule has 4 aromatic rings. The van der Waals surface area contributed by atoms with Gasteiger partial charge in [-0.2, -0.15) is 0 Å². The molecule has 8 nitrogen and oxygen atoms in total. The molecule has 0 saturated heterocycles. The zero-order valence-corrected chi connectivity index (χ0v) is 17.5. The smallest absolute Gasteiger partial charge is 0.261 e. The predicted molar refractivity (Wildman–Crippen MR) is 113 cm³/mol. The molecule has 2 N–H and O–H groups in total. The summed E-state index contributed by atoms with van der Waals surface area (Å²) in [6.45, 7) is 3.29. The van der Waals surface area contributed by atoms with Gasteiger partial charge >= 0.3 is 0 Å². The van der Waals surface area contributed by atoms with Gasteiger partial charge < -0.3 is 4.98 Å². The fraction of sp³-hybridized carbons (Fsp3) is 0.100. The van der Waals surface area contributed by atoms with Crippen LogP contribution < -0.4 is 4.72 Å². The largest absolute Gasteiger partial charge is 0.346 e. The summed E-state index contributed by atoms with van der Waals surface area (Å²) in [5, 5.41) is 0.897. The zero-order chi connectivity index (χ0) is 22.3. The van der Waals surface area contributed by atoms with Crippen molar-refractivity contribution >= 4 is 44.1 Å². The number of nitrogens with zero attached hydrogens (tertiary/aromatic N) is 3. The average Bonchev–Trinajstić information content (AvgIpc) is 3.20. The van der Waals surface area contributed by atoms with Crippen molar-refractivity contribution in [2.45, 2.75) is 18.7 Å². The van der Waals surface area contributed by atoms with Gasteiger partial charge in [-0.3, -0.25) is 14.5 Å². The van der Waals surface area contributed by atoms with Crippen LogP contribution in [0.25, 0.3) is 11.0 Å². The number of ketones is 1. The van der Waals surface area contributed by atoms with E-state index in [2.05, 4.69) is 24.7 Å². The number of pyridine rings is 1. The van der Waals surface area contributed by atoms with Gasteiger partial charge in [-0.1, -0.05) is 11.6 Å². The number of H-pyrrole nitrogens is 1. The molecule has 0 unspecified atom stereocenters. The molecule has 3 heterocycles. The van der Waals surface area contributed by atoms with Crippen LogP contribution in [-0.4, -0.2) is 34.1 Å². The van der Waals surface area contributed by atoms with Crippen molar-refractivity contribution in [1.82, 2.24) is 19.9 Å². The molecule has 0 atom stereocenters. The molecule has 0 fully saturated rings. The van der Waals surface area contributed by atoms with E-state index in [1.165, 1.54) is 30.6 Å². The third-order valence-electron chi connectivity index (χ3n) is 4.43. The van der Waals surface area contributed by atoms with E-state index >= 15 is 0 Å². The summed E-state index contributed by atoms with van der Waals surface area (Å²) in [7, 11) is -4.05. The molecule has 1 aromatic carbocycles. The monoisotopic (exact) mass is 442 g/mol. The topological polar surface area (TPSA) is 118 Å². The van der Waals surface area contributed by atoms with Crippen LogP contribution in [0, 0.1) is 13.8 Å². The minimum atomic E-state index is -4.05. The highest BCUT2D eigenvalue weighted by molar-refractivity contribution is 7.92. The first-order valence-corrected chi connectivity index (χ1v) is 10.6. The summed E-state index contributed by atoms with van der Waals surface area (Å²) in [5.41, 5.74) is 1.21. The van der Waals surface area contributed by atoms with E-state index in [1.54, 1.807) is 26.1 Å². The quantitative estimate of drug-likeness (QED) is 0.455. The highest BCUT2D eigenvalue weighted by Gasteiger charge is 2.24. The molecule has 0 aliphatic carbocycles. The predicted octanol–water partition coefficient (Wildman–Crippen LogP) is 3.65. The first kappa shape index (κ1) is 18.7. The summed E-state index contributed by atoms with van der Waals surface area (Å²) in [6, 6.07) is 7.32. The van der Waals surface area contributed by atoms with E-state index in [9.17, 15) is 13.2 Å². The van der Waals surface area contributed by atoms with Crippen LogP contribution in [0.5, 0.6) is 0 Å². The number of rotatable bonds is 5. The lowest BCUT2D eigenvalue weighted by Crippen LogP contribution is -2.18. The number of anilines is 1. The van der Waals surface area contributed by atoms with E-state index in [-0.39, 0.29) is 28.1 Å². The fourth-order valence-corrected chi connectivity index (χ4v) is 4.19. The van der Waals surface area contributed by atoms with Crippen LogP contribution >= 0.6 is 11.6 Å². The molecule has 152 valence electrons. The van der Waals surface area contributed by atoms with E-state index in [1.807, 2.05) is 0 Å². The number of carbonyl (C=O) groups excluding carboxylic acids is 1. The Morgan fingerprint density at radius 1 is 1.13 bits per heavy atom. The van der Waals surface area contributed by atoms with Crippen LogP contribution in [0.15, 0.2) is 53.9 Å². The number of aromatic nitrogens is 4. The van der Waals surface area contributed by atoms with Gasteiger partial charge in [0.25, 0.3) is 10.0 Å². The third-order valence-corrected chi connectivity index (χ3v) is 6.22. The van der Waals surface area contributed by atoms with Crippen molar-refractivity contribution in [3.05, 3.63) is 76.6 Å². The second kappa shape index (κ2) is 7.51. The molecular formula is C20H16ClN5O3S.